The van der Waals surface area contributed by atoms with Crippen LogP contribution in [0.1, 0.15) is 27.3 Å². The molecule has 0 saturated heterocycles. The lowest BCUT2D eigenvalue weighted by Crippen LogP contribution is -2.25. The zero-order valence-electron chi connectivity index (χ0n) is 12.9. The second-order valence-corrected chi connectivity index (χ2v) is 5.91. The Morgan fingerprint density at radius 3 is 2.50 bits per heavy atom. The summed E-state index contributed by atoms with van der Waals surface area (Å²) in [6, 6.07) is 6.27. The molecule has 0 aliphatic rings. The van der Waals surface area contributed by atoms with Gasteiger partial charge in [0.2, 0.25) is 5.78 Å². The molecule has 134 valence electrons. The summed E-state index contributed by atoms with van der Waals surface area (Å²) < 4.78 is 37.8. The number of alkyl halides is 3. The molecule has 0 aliphatic carbocycles. The highest BCUT2D eigenvalue weighted by molar-refractivity contribution is 6.31. The summed E-state index contributed by atoms with van der Waals surface area (Å²) >= 11 is 5.91. The zero-order valence-corrected chi connectivity index (χ0v) is 13.6. The lowest BCUT2D eigenvalue weighted by Gasteiger charge is -2.07. The SMILES string of the molecule is O=C([O-])Cc1c(C(=O)c2ccc(C(F)(F)F)cn2)[nH]c2ccc(Cl)cc12. The van der Waals surface area contributed by atoms with Gasteiger partial charge in [0.25, 0.3) is 0 Å². The van der Waals surface area contributed by atoms with Gasteiger partial charge in [-0.05, 0) is 35.9 Å². The fraction of sp³-hybridized carbons (Fsp3) is 0.118. The minimum atomic E-state index is -4.58. The van der Waals surface area contributed by atoms with E-state index in [1.54, 1.807) is 12.1 Å². The number of carboxylic acids is 1. The third-order valence-corrected chi connectivity index (χ3v) is 3.97. The van der Waals surface area contributed by atoms with Gasteiger partial charge in [-0.25, -0.2) is 0 Å². The number of hydrogen-bond acceptors (Lipinski definition) is 4. The van der Waals surface area contributed by atoms with Crippen LogP contribution in [-0.2, 0) is 17.4 Å². The first kappa shape index (κ1) is 17.9. The molecule has 0 saturated carbocycles. The van der Waals surface area contributed by atoms with Crippen molar-refractivity contribution >= 4 is 34.3 Å². The molecule has 0 atom stereocenters. The van der Waals surface area contributed by atoms with Crippen LogP contribution in [0.5, 0.6) is 0 Å². The number of aromatic nitrogens is 2. The molecule has 5 nitrogen and oxygen atoms in total. The minimum Gasteiger partial charge on any atom is -0.550 e. The number of hydrogen-bond donors (Lipinski definition) is 1. The smallest absolute Gasteiger partial charge is 0.417 e. The number of pyridine rings is 1. The molecular weight excluding hydrogens is 373 g/mol. The number of aromatic amines is 1. The van der Waals surface area contributed by atoms with E-state index in [0.717, 1.165) is 12.1 Å². The fourth-order valence-electron chi connectivity index (χ4n) is 2.57. The first-order valence-corrected chi connectivity index (χ1v) is 7.62. The Kier molecular flexibility index (Phi) is 4.45. The van der Waals surface area contributed by atoms with E-state index in [0.29, 0.717) is 22.1 Å². The molecule has 0 amide bonds. The summed E-state index contributed by atoms with van der Waals surface area (Å²) in [7, 11) is 0. The lowest BCUT2D eigenvalue weighted by molar-refractivity contribution is -0.304. The third-order valence-electron chi connectivity index (χ3n) is 3.74. The highest BCUT2D eigenvalue weighted by atomic mass is 35.5. The number of rotatable bonds is 4. The summed E-state index contributed by atoms with van der Waals surface area (Å²) in [5.41, 5.74) is -0.739. The number of halogens is 4. The first-order valence-electron chi connectivity index (χ1n) is 7.24. The summed E-state index contributed by atoms with van der Waals surface area (Å²) in [5, 5.41) is 11.8. The van der Waals surface area contributed by atoms with E-state index in [4.69, 9.17) is 11.6 Å². The first-order chi connectivity index (χ1) is 12.2. The van der Waals surface area contributed by atoms with Gasteiger partial charge in [-0.3, -0.25) is 9.78 Å². The van der Waals surface area contributed by atoms with Crippen molar-refractivity contribution in [1.82, 2.24) is 9.97 Å². The third kappa shape index (κ3) is 3.41. The molecule has 0 aliphatic heterocycles. The largest absolute Gasteiger partial charge is 0.550 e. The van der Waals surface area contributed by atoms with Crippen LogP contribution in [0.25, 0.3) is 10.9 Å². The molecule has 3 aromatic rings. The molecule has 9 heteroatoms. The number of nitrogens with zero attached hydrogens (tertiary/aromatic N) is 1. The van der Waals surface area contributed by atoms with Crippen LogP contribution >= 0.6 is 11.6 Å². The van der Waals surface area contributed by atoms with Gasteiger partial charge in [0.05, 0.1) is 11.3 Å². The van der Waals surface area contributed by atoms with Crippen LogP contribution in [0.3, 0.4) is 0 Å². The van der Waals surface area contributed by atoms with E-state index >= 15 is 0 Å². The fourth-order valence-corrected chi connectivity index (χ4v) is 2.74. The Labute approximate surface area is 149 Å². The monoisotopic (exact) mass is 381 g/mol. The molecule has 1 N–H and O–H groups in total. The van der Waals surface area contributed by atoms with Crippen LogP contribution in [0.4, 0.5) is 13.2 Å². The maximum Gasteiger partial charge on any atom is 0.417 e. The van der Waals surface area contributed by atoms with E-state index in [9.17, 15) is 27.9 Å². The second kappa shape index (κ2) is 6.45. The topological polar surface area (TPSA) is 85.9 Å². The maximum atomic E-state index is 12.6. The normalized spacial score (nSPS) is 11.7. The van der Waals surface area contributed by atoms with Gasteiger partial charge in [-0.2, -0.15) is 13.2 Å². The molecule has 2 heterocycles. The Morgan fingerprint density at radius 2 is 1.92 bits per heavy atom. The van der Waals surface area contributed by atoms with E-state index < -0.39 is 29.9 Å². The van der Waals surface area contributed by atoms with E-state index in [1.165, 1.54) is 6.07 Å². The van der Waals surface area contributed by atoms with Gasteiger partial charge in [0, 0.05) is 34.5 Å². The predicted molar refractivity (Wildman–Crippen MR) is 84.7 cm³/mol. The van der Waals surface area contributed by atoms with Crippen molar-refractivity contribution in [1.29, 1.82) is 0 Å². The second-order valence-electron chi connectivity index (χ2n) is 5.48. The van der Waals surface area contributed by atoms with E-state index in [1.807, 2.05) is 0 Å². The number of H-pyrrole nitrogens is 1. The van der Waals surface area contributed by atoms with E-state index in [2.05, 4.69) is 9.97 Å². The molecule has 3 rings (SSSR count). The number of nitrogens with one attached hydrogen (secondary N) is 1. The number of aliphatic carboxylic acids is 1. The minimum absolute atomic E-state index is 0.0845. The molecule has 2 aromatic heterocycles. The van der Waals surface area contributed by atoms with Gasteiger partial charge in [0.15, 0.2) is 0 Å². The lowest BCUT2D eigenvalue weighted by atomic mass is 10.0. The predicted octanol–water partition coefficient (Wildman–Crippen LogP) is 2.76. The van der Waals surface area contributed by atoms with Crippen molar-refractivity contribution in [3.8, 4) is 0 Å². The molecule has 0 radical (unpaired) electrons. The van der Waals surface area contributed by atoms with Crippen molar-refractivity contribution in [3.05, 3.63) is 64.1 Å². The van der Waals surface area contributed by atoms with Crippen LogP contribution in [0, 0.1) is 0 Å². The summed E-state index contributed by atoms with van der Waals surface area (Å²) in [5.74, 6) is -2.15. The van der Waals surface area contributed by atoms with Crippen molar-refractivity contribution < 1.29 is 27.9 Å². The number of carbonyl (C=O) groups is 2. The van der Waals surface area contributed by atoms with Crippen LogP contribution in [0.2, 0.25) is 5.02 Å². The average Bonchev–Trinajstić information content (AvgIpc) is 2.91. The number of carboxylic acid groups (broad SMARTS) is 1. The van der Waals surface area contributed by atoms with Gasteiger partial charge < -0.3 is 14.9 Å². The summed E-state index contributed by atoms with van der Waals surface area (Å²) in [6.07, 6.45) is -4.60. The van der Waals surface area contributed by atoms with Crippen molar-refractivity contribution in [2.45, 2.75) is 12.6 Å². The standard InChI is InChI=1S/C17H10ClF3N2O3/c18-9-2-4-12-10(5-9)11(6-14(24)25)15(23-12)16(26)13-3-1-8(7-22-13)17(19,20)21/h1-5,7,23H,6H2,(H,24,25)/p-1. The van der Waals surface area contributed by atoms with Crippen LogP contribution < -0.4 is 5.11 Å². The average molecular weight is 382 g/mol. The molecule has 0 fully saturated rings. The summed E-state index contributed by atoms with van der Waals surface area (Å²) in [6.45, 7) is 0. The zero-order chi connectivity index (χ0) is 19.1. The molecule has 1 aromatic carbocycles. The van der Waals surface area contributed by atoms with Gasteiger partial charge in [-0.1, -0.05) is 11.6 Å². The molecule has 0 bridgehead atoms. The Morgan fingerprint density at radius 1 is 1.19 bits per heavy atom. The molecular formula is C17H9ClF3N2O3-. The number of carbonyl (C=O) groups excluding carboxylic acids is 2. The molecule has 0 unspecified atom stereocenters. The van der Waals surface area contributed by atoms with Gasteiger partial charge >= 0.3 is 6.18 Å². The maximum absolute atomic E-state index is 12.6. The Hall–Kier alpha value is -2.87. The van der Waals surface area contributed by atoms with Crippen LogP contribution in [-0.4, -0.2) is 21.7 Å². The highest BCUT2D eigenvalue weighted by Crippen LogP contribution is 2.30. The summed E-state index contributed by atoms with van der Waals surface area (Å²) in [4.78, 5) is 30.0. The number of benzene rings is 1. The van der Waals surface area contributed by atoms with Gasteiger partial charge in [0.1, 0.15) is 5.69 Å². The van der Waals surface area contributed by atoms with Crippen molar-refractivity contribution in [2.24, 2.45) is 0 Å². The number of ketones is 1. The highest BCUT2D eigenvalue weighted by Gasteiger charge is 2.31. The molecule has 26 heavy (non-hydrogen) atoms. The van der Waals surface area contributed by atoms with Crippen molar-refractivity contribution in [3.63, 3.8) is 0 Å². The Bertz CT molecular complexity index is 1010. The van der Waals surface area contributed by atoms with E-state index in [-0.39, 0.29) is 17.0 Å². The van der Waals surface area contributed by atoms with Crippen molar-refractivity contribution in [2.75, 3.05) is 0 Å². The van der Waals surface area contributed by atoms with Crippen LogP contribution in [0.15, 0.2) is 36.5 Å². The number of fused-ring (bicyclic) bond motifs is 1. The Balaban J connectivity index is 2.09. The quantitative estimate of drug-likeness (QED) is 0.704. The van der Waals surface area contributed by atoms with Gasteiger partial charge in [-0.15, -0.1) is 0 Å². The molecule has 0 spiro atoms.